The molecule has 0 spiro atoms. The second kappa shape index (κ2) is 5.57. The number of nitriles is 1. The van der Waals surface area contributed by atoms with Crippen molar-refractivity contribution in [2.24, 2.45) is 0 Å². The number of carbonyl (C=O) groups is 2. The highest BCUT2D eigenvalue weighted by Gasteiger charge is 2.25. The highest BCUT2D eigenvalue weighted by atomic mass is 19.1. The average molecular weight is 303 g/mol. The number of benzene rings is 1. The first kappa shape index (κ1) is 15.1. The van der Waals surface area contributed by atoms with Gasteiger partial charge in [0.15, 0.2) is 5.69 Å². The van der Waals surface area contributed by atoms with Gasteiger partial charge in [-0.05, 0) is 12.1 Å². The summed E-state index contributed by atoms with van der Waals surface area (Å²) < 4.78 is 19.4. The molecule has 0 aliphatic carbocycles. The van der Waals surface area contributed by atoms with Gasteiger partial charge in [0.05, 0.1) is 24.0 Å². The molecule has 0 aliphatic rings. The Hall–Kier alpha value is -3.34. The molecule has 0 unspecified atom stereocenters. The fourth-order valence-corrected chi connectivity index (χ4v) is 2.03. The number of ether oxygens (including phenoxy) is 1. The molecule has 1 heterocycles. The van der Waals surface area contributed by atoms with Gasteiger partial charge in [0.2, 0.25) is 0 Å². The van der Waals surface area contributed by atoms with Crippen molar-refractivity contribution in [3.05, 3.63) is 47.0 Å². The minimum atomic E-state index is -1.52. The largest absolute Gasteiger partial charge is 0.478 e. The summed E-state index contributed by atoms with van der Waals surface area (Å²) in [7, 11) is 1.11. The second-order valence-corrected chi connectivity index (χ2v) is 4.22. The first-order valence-electron chi connectivity index (χ1n) is 5.93. The lowest BCUT2D eigenvalue weighted by Crippen LogP contribution is -2.14. The number of hydrogen-bond acceptors (Lipinski definition) is 5. The molecule has 0 bridgehead atoms. The zero-order valence-electron chi connectivity index (χ0n) is 11.3. The first-order chi connectivity index (χ1) is 10.4. The number of hydrogen-bond donors (Lipinski definition) is 2. The minimum absolute atomic E-state index is 0.0546. The quantitative estimate of drug-likeness (QED) is 0.830. The molecule has 7 nitrogen and oxygen atoms in total. The molecule has 22 heavy (non-hydrogen) atoms. The van der Waals surface area contributed by atoms with E-state index in [-0.39, 0.29) is 22.6 Å². The van der Waals surface area contributed by atoms with Crippen molar-refractivity contribution < 1.29 is 23.8 Å². The maximum atomic E-state index is 13.8. The molecule has 0 saturated carbocycles. The number of methoxy groups -OCH3 is 1. The summed E-state index contributed by atoms with van der Waals surface area (Å²) in [5.74, 6) is -3.37. The Kier molecular flexibility index (Phi) is 3.81. The van der Waals surface area contributed by atoms with E-state index in [1.807, 2.05) is 0 Å². The number of nitrogens with two attached hydrogens (primary N) is 1. The molecule has 0 aliphatic heterocycles. The zero-order valence-corrected chi connectivity index (χ0v) is 11.3. The average Bonchev–Trinajstić information content (AvgIpc) is 2.82. The van der Waals surface area contributed by atoms with Crippen LogP contribution in [0.1, 0.15) is 26.4 Å². The number of carbonyl (C=O) groups excluding carboxylic acids is 1. The predicted molar refractivity (Wildman–Crippen MR) is 73.2 cm³/mol. The molecule has 3 N–H and O–H groups in total. The highest BCUT2D eigenvalue weighted by molar-refractivity contribution is 5.98. The molecule has 0 radical (unpaired) electrons. The van der Waals surface area contributed by atoms with E-state index in [4.69, 9.17) is 16.1 Å². The summed E-state index contributed by atoms with van der Waals surface area (Å²) >= 11 is 0. The van der Waals surface area contributed by atoms with Gasteiger partial charge in [0.25, 0.3) is 0 Å². The van der Waals surface area contributed by atoms with Crippen molar-refractivity contribution in [2.45, 2.75) is 0 Å². The van der Waals surface area contributed by atoms with Crippen LogP contribution in [0.4, 0.5) is 10.1 Å². The van der Waals surface area contributed by atoms with E-state index >= 15 is 0 Å². The third kappa shape index (κ3) is 2.25. The molecule has 112 valence electrons. The molecular formula is C14H10FN3O4. The number of carboxylic acids is 1. The van der Waals surface area contributed by atoms with Crippen LogP contribution in [0.3, 0.4) is 0 Å². The van der Waals surface area contributed by atoms with Gasteiger partial charge in [-0.15, -0.1) is 0 Å². The maximum absolute atomic E-state index is 13.8. The summed E-state index contributed by atoms with van der Waals surface area (Å²) in [6.45, 7) is 0. The number of carboxylic acid groups (broad SMARTS) is 1. The number of anilines is 1. The van der Waals surface area contributed by atoms with Gasteiger partial charge in [-0.3, -0.25) is 0 Å². The van der Waals surface area contributed by atoms with Crippen LogP contribution < -0.4 is 5.73 Å². The van der Waals surface area contributed by atoms with Gasteiger partial charge in [0.1, 0.15) is 17.4 Å². The highest BCUT2D eigenvalue weighted by Crippen LogP contribution is 2.27. The van der Waals surface area contributed by atoms with Crippen LogP contribution in [0.5, 0.6) is 0 Å². The Labute approximate surface area is 123 Å². The van der Waals surface area contributed by atoms with Gasteiger partial charge >= 0.3 is 11.9 Å². The maximum Gasteiger partial charge on any atom is 0.357 e. The topological polar surface area (TPSA) is 118 Å². The number of nitrogens with zero attached hydrogens (tertiary/aromatic N) is 2. The Balaban J connectivity index is 2.85. The Morgan fingerprint density at radius 3 is 2.68 bits per heavy atom. The monoisotopic (exact) mass is 303 g/mol. The Morgan fingerprint density at radius 1 is 1.45 bits per heavy atom. The van der Waals surface area contributed by atoms with Crippen LogP contribution >= 0.6 is 0 Å². The van der Waals surface area contributed by atoms with Crippen molar-refractivity contribution >= 4 is 17.6 Å². The van der Waals surface area contributed by atoms with E-state index in [9.17, 15) is 14.0 Å². The fraction of sp³-hybridized carbons (Fsp3) is 0.0714. The second-order valence-electron chi connectivity index (χ2n) is 4.22. The van der Waals surface area contributed by atoms with E-state index in [2.05, 4.69) is 4.74 Å². The van der Waals surface area contributed by atoms with E-state index in [1.165, 1.54) is 12.1 Å². The first-order valence-corrected chi connectivity index (χ1v) is 5.93. The van der Waals surface area contributed by atoms with Crippen molar-refractivity contribution in [2.75, 3.05) is 12.8 Å². The van der Waals surface area contributed by atoms with Crippen molar-refractivity contribution in [1.29, 1.82) is 5.26 Å². The number of rotatable bonds is 3. The fourth-order valence-electron chi connectivity index (χ4n) is 2.03. The summed E-state index contributed by atoms with van der Waals surface area (Å²) in [6, 6.07) is 5.32. The number of esters is 1. The van der Waals surface area contributed by atoms with E-state index in [0.717, 1.165) is 23.9 Å². The number of halogens is 1. The standard InChI is InChI=1S/C14H10FN3O4/c1-22-14(21)12-11(17)7(5-16)6-18(12)9-4-2-3-8(15)10(9)13(19)20/h2-4,6H,17H2,1H3,(H,19,20). The molecule has 0 saturated heterocycles. The van der Waals surface area contributed by atoms with Crippen LogP contribution in [0.25, 0.3) is 5.69 Å². The molecule has 8 heteroatoms. The lowest BCUT2D eigenvalue weighted by Gasteiger charge is -2.11. The van der Waals surface area contributed by atoms with Crippen LogP contribution in [-0.2, 0) is 4.74 Å². The lowest BCUT2D eigenvalue weighted by molar-refractivity contribution is 0.0590. The predicted octanol–water partition coefficient (Wildman–Crippen LogP) is 1.56. The summed E-state index contributed by atoms with van der Waals surface area (Å²) in [4.78, 5) is 23.1. The van der Waals surface area contributed by atoms with Crippen LogP contribution in [-0.4, -0.2) is 28.7 Å². The smallest absolute Gasteiger partial charge is 0.357 e. The summed E-state index contributed by atoms with van der Waals surface area (Å²) in [6.07, 6.45) is 1.16. The minimum Gasteiger partial charge on any atom is -0.478 e. The molecular weight excluding hydrogens is 293 g/mol. The zero-order chi connectivity index (χ0) is 16.4. The lowest BCUT2D eigenvalue weighted by atomic mass is 10.1. The van der Waals surface area contributed by atoms with E-state index < -0.39 is 23.3 Å². The van der Waals surface area contributed by atoms with Crippen molar-refractivity contribution in [1.82, 2.24) is 4.57 Å². The van der Waals surface area contributed by atoms with Crippen LogP contribution in [0.15, 0.2) is 24.4 Å². The summed E-state index contributed by atoms with van der Waals surface area (Å²) in [5.41, 5.74) is 4.45. The van der Waals surface area contributed by atoms with E-state index in [1.54, 1.807) is 6.07 Å². The summed E-state index contributed by atoms with van der Waals surface area (Å²) in [5, 5.41) is 18.2. The van der Waals surface area contributed by atoms with Crippen molar-refractivity contribution in [3.63, 3.8) is 0 Å². The van der Waals surface area contributed by atoms with Crippen molar-refractivity contribution in [3.8, 4) is 11.8 Å². The molecule has 2 aromatic rings. The molecule has 0 fully saturated rings. The number of aromatic nitrogens is 1. The van der Waals surface area contributed by atoms with E-state index in [0.29, 0.717) is 0 Å². The SMILES string of the molecule is COC(=O)c1c(N)c(C#N)cn1-c1cccc(F)c1C(=O)O. The molecule has 2 rings (SSSR count). The van der Waals surface area contributed by atoms with Gasteiger partial charge in [-0.2, -0.15) is 5.26 Å². The number of nitrogen functional groups attached to an aromatic ring is 1. The van der Waals surface area contributed by atoms with Crippen LogP contribution in [0, 0.1) is 17.1 Å². The molecule has 1 aromatic carbocycles. The molecule has 1 aromatic heterocycles. The third-order valence-electron chi connectivity index (χ3n) is 3.01. The van der Waals surface area contributed by atoms with Gasteiger partial charge in [-0.1, -0.05) is 6.07 Å². The number of aromatic carboxylic acids is 1. The normalized spacial score (nSPS) is 10.0. The molecule has 0 atom stereocenters. The Bertz CT molecular complexity index is 820. The molecule has 0 amide bonds. The van der Waals surface area contributed by atoms with Gasteiger partial charge in [0, 0.05) is 6.20 Å². The van der Waals surface area contributed by atoms with Gasteiger partial charge in [-0.25, -0.2) is 14.0 Å². The van der Waals surface area contributed by atoms with Gasteiger partial charge < -0.3 is 20.1 Å². The Morgan fingerprint density at radius 2 is 2.14 bits per heavy atom. The third-order valence-corrected chi connectivity index (χ3v) is 3.01. The van der Waals surface area contributed by atoms with Crippen LogP contribution in [0.2, 0.25) is 0 Å².